The maximum Gasteiger partial charge on any atom is 0.0804 e. The minimum absolute atomic E-state index is 0.579. The van der Waals surface area contributed by atoms with Crippen LogP contribution in [-0.4, -0.2) is 4.98 Å². The Morgan fingerprint density at radius 2 is 2.23 bits per heavy atom. The third-order valence-electron chi connectivity index (χ3n) is 1.86. The quantitative estimate of drug-likeness (QED) is 0.789. The summed E-state index contributed by atoms with van der Waals surface area (Å²) < 4.78 is 0. The Bertz CT molecular complexity index is 381. The first-order valence-electron chi connectivity index (χ1n) is 4.09. The van der Waals surface area contributed by atoms with Gasteiger partial charge < -0.3 is 5.73 Å². The van der Waals surface area contributed by atoms with E-state index in [4.69, 9.17) is 5.73 Å². The Hall–Kier alpha value is -1.19. The zero-order valence-corrected chi connectivity index (χ0v) is 7.92. The summed E-state index contributed by atoms with van der Waals surface area (Å²) in [5, 5.41) is 2.05. The number of nitrogens with two attached hydrogens (primary N) is 1. The molecule has 0 aliphatic heterocycles. The van der Waals surface area contributed by atoms with Gasteiger partial charge in [-0.3, -0.25) is 4.98 Å². The molecule has 0 aromatic carbocycles. The molecule has 2 N–H and O–H groups in total. The van der Waals surface area contributed by atoms with E-state index in [9.17, 15) is 0 Å². The third-order valence-corrected chi connectivity index (χ3v) is 2.84. The van der Waals surface area contributed by atoms with Gasteiger partial charge in [-0.05, 0) is 29.1 Å². The number of thiophene rings is 1. The van der Waals surface area contributed by atoms with Crippen LogP contribution in [0.5, 0.6) is 0 Å². The molecule has 13 heavy (non-hydrogen) atoms. The number of hydrogen-bond donors (Lipinski definition) is 1. The highest BCUT2D eigenvalue weighted by atomic mass is 32.1. The molecular formula is C10H10N2S. The molecule has 0 unspecified atom stereocenters. The second kappa shape index (κ2) is 3.68. The number of rotatable bonds is 2. The molecule has 0 spiro atoms. The van der Waals surface area contributed by atoms with E-state index in [1.165, 1.54) is 10.4 Å². The van der Waals surface area contributed by atoms with Gasteiger partial charge in [0.1, 0.15) is 0 Å². The smallest absolute Gasteiger partial charge is 0.0804 e. The Balaban J connectivity index is 2.47. The predicted molar refractivity (Wildman–Crippen MR) is 55.4 cm³/mol. The number of aromatic nitrogens is 1. The Morgan fingerprint density at radius 1 is 1.31 bits per heavy atom. The fourth-order valence-corrected chi connectivity index (χ4v) is 2.13. The fraction of sp³-hybridized carbons (Fsp3) is 0.100. The van der Waals surface area contributed by atoms with E-state index in [2.05, 4.69) is 11.1 Å². The molecule has 2 heterocycles. The van der Waals surface area contributed by atoms with Gasteiger partial charge >= 0.3 is 0 Å². The van der Waals surface area contributed by atoms with Crippen LogP contribution < -0.4 is 5.73 Å². The normalized spacial score (nSPS) is 10.2. The van der Waals surface area contributed by atoms with E-state index in [0.29, 0.717) is 6.54 Å². The summed E-state index contributed by atoms with van der Waals surface area (Å²) >= 11 is 1.68. The highest BCUT2D eigenvalue weighted by Crippen LogP contribution is 2.27. The first-order chi connectivity index (χ1) is 6.42. The number of nitrogens with zero attached hydrogens (tertiary/aromatic N) is 1. The van der Waals surface area contributed by atoms with Crippen LogP contribution in [0, 0.1) is 0 Å². The Kier molecular flexibility index (Phi) is 2.38. The zero-order chi connectivity index (χ0) is 9.10. The van der Waals surface area contributed by atoms with Crippen LogP contribution in [0.4, 0.5) is 0 Å². The molecule has 2 nitrogen and oxygen atoms in total. The van der Waals surface area contributed by atoms with Crippen molar-refractivity contribution >= 4 is 11.3 Å². The second-order valence-electron chi connectivity index (χ2n) is 2.69. The second-order valence-corrected chi connectivity index (χ2v) is 3.61. The van der Waals surface area contributed by atoms with Crippen LogP contribution >= 0.6 is 11.3 Å². The molecule has 66 valence electrons. The molecule has 0 aliphatic carbocycles. The van der Waals surface area contributed by atoms with E-state index in [-0.39, 0.29) is 0 Å². The van der Waals surface area contributed by atoms with Crippen molar-refractivity contribution in [2.75, 3.05) is 0 Å². The minimum Gasteiger partial charge on any atom is -0.326 e. The predicted octanol–water partition coefficient (Wildman–Crippen LogP) is 2.27. The van der Waals surface area contributed by atoms with E-state index in [1.807, 2.05) is 23.6 Å². The highest BCUT2D eigenvalue weighted by Gasteiger charge is 2.04. The standard InChI is InChI=1S/C10H10N2S/c11-7-8-4-6-13-10(8)9-3-1-2-5-12-9/h1-6H,7,11H2. The van der Waals surface area contributed by atoms with Crippen LogP contribution in [0.15, 0.2) is 35.8 Å². The zero-order valence-electron chi connectivity index (χ0n) is 7.10. The van der Waals surface area contributed by atoms with Crippen molar-refractivity contribution in [2.24, 2.45) is 5.73 Å². The van der Waals surface area contributed by atoms with Crippen molar-refractivity contribution < 1.29 is 0 Å². The van der Waals surface area contributed by atoms with Crippen LogP contribution in [0.1, 0.15) is 5.56 Å². The van der Waals surface area contributed by atoms with Crippen molar-refractivity contribution in [1.29, 1.82) is 0 Å². The molecule has 2 aromatic heterocycles. The molecule has 0 saturated heterocycles. The van der Waals surface area contributed by atoms with E-state index in [1.54, 1.807) is 17.5 Å². The number of pyridine rings is 1. The fourth-order valence-electron chi connectivity index (χ4n) is 1.22. The van der Waals surface area contributed by atoms with E-state index >= 15 is 0 Å². The SMILES string of the molecule is NCc1ccsc1-c1ccccn1. The van der Waals surface area contributed by atoms with Crippen molar-refractivity contribution in [1.82, 2.24) is 4.98 Å². The number of hydrogen-bond acceptors (Lipinski definition) is 3. The summed E-state index contributed by atoms with van der Waals surface area (Å²) in [7, 11) is 0. The van der Waals surface area contributed by atoms with Gasteiger partial charge in [-0.25, -0.2) is 0 Å². The summed E-state index contributed by atoms with van der Waals surface area (Å²) in [5.74, 6) is 0. The van der Waals surface area contributed by atoms with Gasteiger partial charge in [0.2, 0.25) is 0 Å². The summed E-state index contributed by atoms with van der Waals surface area (Å²) in [6, 6.07) is 7.96. The van der Waals surface area contributed by atoms with Gasteiger partial charge in [-0.2, -0.15) is 0 Å². The van der Waals surface area contributed by atoms with Gasteiger partial charge in [0.25, 0.3) is 0 Å². The van der Waals surface area contributed by atoms with Gasteiger partial charge in [-0.15, -0.1) is 11.3 Å². The lowest BCUT2D eigenvalue weighted by atomic mass is 10.2. The van der Waals surface area contributed by atoms with Crippen LogP contribution in [0.3, 0.4) is 0 Å². The minimum atomic E-state index is 0.579. The van der Waals surface area contributed by atoms with E-state index < -0.39 is 0 Å². The third kappa shape index (κ3) is 1.61. The summed E-state index contributed by atoms with van der Waals surface area (Å²) in [5.41, 5.74) is 7.79. The first kappa shape index (κ1) is 8.41. The molecular weight excluding hydrogens is 180 g/mol. The lowest BCUT2D eigenvalue weighted by Crippen LogP contribution is -1.95. The molecule has 0 fully saturated rings. The van der Waals surface area contributed by atoms with Crippen molar-refractivity contribution in [3.8, 4) is 10.6 Å². The van der Waals surface area contributed by atoms with Crippen molar-refractivity contribution in [3.63, 3.8) is 0 Å². The maximum atomic E-state index is 5.61. The average molecular weight is 190 g/mol. The molecule has 2 rings (SSSR count). The molecule has 0 bridgehead atoms. The van der Waals surface area contributed by atoms with Gasteiger partial charge in [0.15, 0.2) is 0 Å². The molecule has 2 aromatic rings. The average Bonchev–Trinajstić information content (AvgIpc) is 2.67. The highest BCUT2D eigenvalue weighted by molar-refractivity contribution is 7.13. The van der Waals surface area contributed by atoms with Crippen LogP contribution in [0.25, 0.3) is 10.6 Å². The van der Waals surface area contributed by atoms with Gasteiger partial charge in [-0.1, -0.05) is 6.07 Å². The van der Waals surface area contributed by atoms with Crippen LogP contribution in [-0.2, 0) is 6.54 Å². The molecule has 3 heteroatoms. The monoisotopic (exact) mass is 190 g/mol. The topological polar surface area (TPSA) is 38.9 Å². The molecule has 0 amide bonds. The van der Waals surface area contributed by atoms with Crippen molar-refractivity contribution in [2.45, 2.75) is 6.54 Å². The summed E-state index contributed by atoms with van der Waals surface area (Å²) in [6.07, 6.45) is 1.80. The van der Waals surface area contributed by atoms with E-state index in [0.717, 1.165) is 5.69 Å². The molecule has 0 radical (unpaired) electrons. The Labute approximate surface area is 81.1 Å². The molecule has 0 aliphatic rings. The molecule has 0 atom stereocenters. The van der Waals surface area contributed by atoms with Gasteiger partial charge in [0.05, 0.1) is 10.6 Å². The van der Waals surface area contributed by atoms with Gasteiger partial charge in [0, 0.05) is 12.7 Å². The largest absolute Gasteiger partial charge is 0.326 e. The lowest BCUT2D eigenvalue weighted by molar-refractivity contribution is 1.08. The molecule has 0 saturated carbocycles. The van der Waals surface area contributed by atoms with Crippen molar-refractivity contribution in [3.05, 3.63) is 41.4 Å². The summed E-state index contributed by atoms with van der Waals surface area (Å²) in [4.78, 5) is 5.47. The lowest BCUT2D eigenvalue weighted by Gasteiger charge is -1.98. The Morgan fingerprint density at radius 3 is 2.92 bits per heavy atom. The summed E-state index contributed by atoms with van der Waals surface area (Å²) in [6.45, 7) is 0.579. The maximum absolute atomic E-state index is 5.61. The van der Waals surface area contributed by atoms with Crippen LogP contribution in [0.2, 0.25) is 0 Å². The first-order valence-corrected chi connectivity index (χ1v) is 4.97.